The lowest BCUT2D eigenvalue weighted by Gasteiger charge is -2.28. The van der Waals surface area contributed by atoms with Crippen molar-refractivity contribution >= 4 is 16.6 Å². The molecule has 0 unspecified atom stereocenters. The summed E-state index contributed by atoms with van der Waals surface area (Å²) >= 11 is 0. The smallest absolute Gasteiger partial charge is 0.124 e. The number of anilines is 1. The molecular formula is C14H17FN2. The van der Waals surface area contributed by atoms with Crippen LogP contribution in [0.15, 0.2) is 24.4 Å². The van der Waals surface area contributed by atoms with Crippen LogP contribution in [0.4, 0.5) is 10.1 Å². The lowest BCUT2D eigenvalue weighted by Crippen LogP contribution is -2.29. The maximum Gasteiger partial charge on any atom is 0.124 e. The Labute approximate surface area is 101 Å². The number of piperidine rings is 1. The number of fused-ring (bicyclic) bond motifs is 1. The van der Waals surface area contributed by atoms with E-state index in [1.165, 1.54) is 31.0 Å². The van der Waals surface area contributed by atoms with Crippen LogP contribution in [0.3, 0.4) is 0 Å². The number of aromatic nitrogens is 1. The van der Waals surface area contributed by atoms with Gasteiger partial charge in [-0.1, -0.05) is 0 Å². The zero-order valence-corrected chi connectivity index (χ0v) is 10.1. The zero-order valence-electron chi connectivity index (χ0n) is 10.1. The van der Waals surface area contributed by atoms with Crippen LogP contribution in [0.25, 0.3) is 10.9 Å². The molecular weight excluding hydrogens is 215 g/mol. The lowest BCUT2D eigenvalue weighted by molar-refractivity contribution is 0.578. The molecule has 0 atom stereocenters. The number of benzene rings is 1. The van der Waals surface area contributed by atoms with Crippen LogP contribution < -0.4 is 4.90 Å². The van der Waals surface area contributed by atoms with Crippen molar-refractivity contribution < 1.29 is 4.39 Å². The van der Waals surface area contributed by atoms with Gasteiger partial charge in [-0.15, -0.1) is 0 Å². The number of hydrogen-bond acceptors (Lipinski definition) is 1. The molecule has 2 nitrogen and oxygen atoms in total. The van der Waals surface area contributed by atoms with Gasteiger partial charge in [0, 0.05) is 31.7 Å². The second-order valence-corrected chi connectivity index (χ2v) is 4.83. The summed E-state index contributed by atoms with van der Waals surface area (Å²) in [5.74, 6) is -0.151. The van der Waals surface area contributed by atoms with Crippen molar-refractivity contribution in [3.05, 3.63) is 30.2 Å². The topological polar surface area (TPSA) is 8.17 Å². The minimum Gasteiger partial charge on any atom is -0.370 e. The molecule has 1 aromatic carbocycles. The Kier molecular flexibility index (Phi) is 2.54. The highest BCUT2D eigenvalue weighted by molar-refractivity contribution is 5.93. The fourth-order valence-electron chi connectivity index (χ4n) is 2.73. The Balaban J connectivity index is 2.11. The third kappa shape index (κ3) is 1.79. The summed E-state index contributed by atoms with van der Waals surface area (Å²) in [6, 6.07) is 5.04. The molecule has 0 aliphatic carbocycles. The van der Waals surface area contributed by atoms with Crippen LogP contribution in [0, 0.1) is 5.82 Å². The molecule has 3 rings (SSSR count). The highest BCUT2D eigenvalue weighted by Crippen LogP contribution is 2.31. The van der Waals surface area contributed by atoms with E-state index in [4.69, 9.17) is 0 Å². The van der Waals surface area contributed by atoms with Gasteiger partial charge in [0.2, 0.25) is 0 Å². The zero-order chi connectivity index (χ0) is 11.8. The minimum atomic E-state index is -0.151. The number of rotatable bonds is 1. The highest BCUT2D eigenvalue weighted by atomic mass is 19.1. The van der Waals surface area contributed by atoms with Gasteiger partial charge in [-0.3, -0.25) is 0 Å². The van der Waals surface area contributed by atoms with E-state index in [0.29, 0.717) is 0 Å². The van der Waals surface area contributed by atoms with Crippen molar-refractivity contribution in [1.29, 1.82) is 0 Å². The van der Waals surface area contributed by atoms with Crippen LogP contribution >= 0.6 is 0 Å². The van der Waals surface area contributed by atoms with Gasteiger partial charge in [-0.2, -0.15) is 0 Å². The molecule has 1 fully saturated rings. The van der Waals surface area contributed by atoms with Crippen molar-refractivity contribution in [2.75, 3.05) is 18.0 Å². The third-order valence-corrected chi connectivity index (χ3v) is 3.63. The summed E-state index contributed by atoms with van der Waals surface area (Å²) in [6.07, 6.45) is 5.92. The molecule has 0 bridgehead atoms. The third-order valence-electron chi connectivity index (χ3n) is 3.63. The van der Waals surface area contributed by atoms with Gasteiger partial charge in [0.05, 0.1) is 11.2 Å². The van der Waals surface area contributed by atoms with E-state index < -0.39 is 0 Å². The first-order valence-corrected chi connectivity index (χ1v) is 6.25. The van der Waals surface area contributed by atoms with E-state index in [9.17, 15) is 4.39 Å². The molecule has 0 N–H and O–H groups in total. The molecule has 0 spiro atoms. The van der Waals surface area contributed by atoms with E-state index in [2.05, 4.69) is 15.7 Å². The van der Waals surface area contributed by atoms with Gasteiger partial charge >= 0.3 is 0 Å². The summed E-state index contributed by atoms with van der Waals surface area (Å²) in [6.45, 7) is 2.19. The van der Waals surface area contributed by atoms with E-state index in [1.54, 1.807) is 6.07 Å². The number of halogens is 1. The second-order valence-electron chi connectivity index (χ2n) is 4.83. The summed E-state index contributed by atoms with van der Waals surface area (Å²) in [7, 11) is 2.02. The fraction of sp³-hybridized carbons (Fsp3) is 0.429. The Morgan fingerprint density at radius 1 is 1.12 bits per heavy atom. The summed E-state index contributed by atoms with van der Waals surface area (Å²) < 4.78 is 15.4. The molecule has 3 heteroatoms. The van der Waals surface area contributed by atoms with Crippen molar-refractivity contribution in [3.8, 4) is 0 Å². The summed E-state index contributed by atoms with van der Waals surface area (Å²) in [4.78, 5) is 2.38. The van der Waals surface area contributed by atoms with Crippen LogP contribution in [0.2, 0.25) is 0 Å². The van der Waals surface area contributed by atoms with Crippen molar-refractivity contribution in [2.24, 2.45) is 7.05 Å². The Morgan fingerprint density at radius 3 is 2.65 bits per heavy atom. The first kappa shape index (κ1) is 10.6. The molecule has 90 valence electrons. The number of hydrogen-bond donors (Lipinski definition) is 0. The molecule has 17 heavy (non-hydrogen) atoms. The van der Waals surface area contributed by atoms with Crippen LogP contribution in [-0.2, 0) is 7.05 Å². The number of nitrogens with zero attached hydrogens (tertiary/aromatic N) is 2. The Hall–Kier alpha value is -1.51. The molecule has 1 aliphatic rings. The van der Waals surface area contributed by atoms with E-state index >= 15 is 0 Å². The van der Waals surface area contributed by atoms with Gasteiger partial charge in [-0.25, -0.2) is 4.39 Å². The van der Waals surface area contributed by atoms with Gasteiger partial charge in [0.15, 0.2) is 0 Å². The standard InChI is InChI=1S/C14H17FN2/c1-16-10-14(17-7-3-2-4-8-17)12-9-11(15)5-6-13(12)16/h5-6,9-10H,2-4,7-8H2,1H3. The first-order chi connectivity index (χ1) is 8.25. The van der Waals surface area contributed by atoms with Crippen LogP contribution in [0.1, 0.15) is 19.3 Å². The SMILES string of the molecule is Cn1cc(N2CCCCC2)c2cc(F)ccc21. The molecule has 1 saturated heterocycles. The van der Waals surface area contributed by atoms with E-state index in [-0.39, 0.29) is 5.82 Å². The molecule has 1 aliphatic heterocycles. The predicted molar refractivity (Wildman–Crippen MR) is 68.9 cm³/mol. The van der Waals surface area contributed by atoms with Crippen LogP contribution in [0.5, 0.6) is 0 Å². The van der Waals surface area contributed by atoms with Gasteiger partial charge in [0.25, 0.3) is 0 Å². The van der Waals surface area contributed by atoms with E-state index in [0.717, 1.165) is 24.0 Å². The molecule has 1 aromatic heterocycles. The molecule has 2 heterocycles. The van der Waals surface area contributed by atoms with E-state index in [1.807, 2.05) is 13.1 Å². The van der Waals surface area contributed by atoms with Gasteiger partial charge in [-0.05, 0) is 37.5 Å². The normalized spacial score (nSPS) is 16.7. The quantitative estimate of drug-likeness (QED) is 0.732. The number of aryl methyl sites for hydroxylation is 1. The molecule has 0 amide bonds. The summed E-state index contributed by atoms with van der Waals surface area (Å²) in [5.41, 5.74) is 2.29. The molecule has 2 aromatic rings. The molecule has 0 radical (unpaired) electrons. The average Bonchev–Trinajstić information content (AvgIpc) is 2.67. The maximum absolute atomic E-state index is 13.4. The predicted octanol–water partition coefficient (Wildman–Crippen LogP) is 3.31. The average molecular weight is 232 g/mol. The van der Waals surface area contributed by atoms with Gasteiger partial charge < -0.3 is 9.47 Å². The minimum absolute atomic E-state index is 0.151. The van der Waals surface area contributed by atoms with Crippen molar-refractivity contribution in [1.82, 2.24) is 4.57 Å². The largest absolute Gasteiger partial charge is 0.370 e. The molecule has 0 saturated carbocycles. The maximum atomic E-state index is 13.4. The second kappa shape index (κ2) is 4.06. The Morgan fingerprint density at radius 2 is 1.88 bits per heavy atom. The lowest BCUT2D eigenvalue weighted by atomic mass is 10.1. The monoisotopic (exact) mass is 232 g/mol. The van der Waals surface area contributed by atoms with Crippen molar-refractivity contribution in [2.45, 2.75) is 19.3 Å². The van der Waals surface area contributed by atoms with Crippen LogP contribution in [-0.4, -0.2) is 17.7 Å². The van der Waals surface area contributed by atoms with Gasteiger partial charge in [0.1, 0.15) is 5.82 Å². The first-order valence-electron chi connectivity index (χ1n) is 6.25. The van der Waals surface area contributed by atoms with Crippen molar-refractivity contribution in [3.63, 3.8) is 0 Å². The summed E-state index contributed by atoms with van der Waals surface area (Å²) in [5, 5.41) is 1.04. The Bertz CT molecular complexity index is 538. The fourth-order valence-corrected chi connectivity index (χ4v) is 2.73. The highest BCUT2D eigenvalue weighted by Gasteiger charge is 2.16.